The smallest absolute Gasteiger partial charge is 0.275 e. The first-order valence-corrected chi connectivity index (χ1v) is 8.21. The number of aryl methyl sites for hydroxylation is 1. The van der Waals surface area contributed by atoms with Crippen LogP contribution in [0.2, 0.25) is 10.2 Å². The molecular weight excluding hydrogens is 363 g/mol. The largest absolute Gasteiger partial charge is 0.339 e. The molecule has 25 heavy (non-hydrogen) atoms. The Kier molecular flexibility index (Phi) is 5.16. The molecular formula is C16H14Cl2N6O. The lowest BCUT2D eigenvalue weighted by Gasteiger charge is -2.09. The molecule has 1 aromatic carbocycles. The molecule has 3 rings (SSSR count). The molecule has 2 aromatic heterocycles. The van der Waals surface area contributed by atoms with E-state index in [1.807, 2.05) is 19.1 Å². The van der Waals surface area contributed by atoms with Gasteiger partial charge in [-0.25, -0.2) is 0 Å². The van der Waals surface area contributed by atoms with Gasteiger partial charge in [-0.15, -0.1) is 10.2 Å². The fourth-order valence-electron chi connectivity index (χ4n) is 2.19. The number of hydrogen-bond donors (Lipinski definition) is 2. The van der Waals surface area contributed by atoms with Gasteiger partial charge in [0.1, 0.15) is 5.69 Å². The van der Waals surface area contributed by atoms with Gasteiger partial charge in [0.25, 0.3) is 5.91 Å². The SMILES string of the molecule is CCn1ncc(Cl)c1C(=O)Nc1ccc(Nc2ccc(Cl)nn2)cc1. The van der Waals surface area contributed by atoms with E-state index in [2.05, 4.69) is 25.9 Å². The van der Waals surface area contributed by atoms with Crippen LogP contribution in [0.3, 0.4) is 0 Å². The minimum atomic E-state index is -0.311. The fraction of sp³-hybridized carbons (Fsp3) is 0.125. The predicted molar refractivity (Wildman–Crippen MR) is 97.6 cm³/mol. The zero-order chi connectivity index (χ0) is 17.8. The Bertz CT molecular complexity index is 877. The number of nitrogens with zero attached hydrogens (tertiary/aromatic N) is 4. The highest BCUT2D eigenvalue weighted by molar-refractivity contribution is 6.34. The van der Waals surface area contributed by atoms with Crippen LogP contribution in [0.5, 0.6) is 0 Å². The number of anilines is 3. The molecule has 3 aromatic rings. The second kappa shape index (κ2) is 7.50. The van der Waals surface area contributed by atoms with Crippen LogP contribution >= 0.6 is 23.2 Å². The molecule has 0 radical (unpaired) electrons. The summed E-state index contributed by atoms with van der Waals surface area (Å²) >= 11 is 11.7. The molecule has 0 bridgehead atoms. The number of amides is 1. The van der Waals surface area contributed by atoms with Gasteiger partial charge in [-0.2, -0.15) is 5.10 Å². The van der Waals surface area contributed by atoms with E-state index < -0.39 is 0 Å². The third-order valence-corrected chi connectivity index (χ3v) is 3.83. The summed E-state index contributed by atoms with van der Waals surface area (Å²) in [5, 5.41) is 18.3. The molecule has 0 aliphatic rings. The molecule has 1 amide bonds. The highest BCUT2D eigenvalue weighted by Crippen LogP contribution is 2.20. The molecule has 2 heterocycles. The van der Waals surface area contributed by atoms with Crippen LogP contribution < -0.4 is 10.6 Å². The zero-order valence-corrected chi connectivity index (χ0v) is 14.7. The van der Waals surface area contributed by atoms with E-state index in [-0.39, 0.29) is 5.91 Å². The van der Waals surface area contributed by atoms with Crippen molar-refractivity contribution in [1.29, 1.82) is 0 Å². The van der Waals surface area contributed by atoms with E-state index in [4.69, 9.17) is 23.2 Å². The Labute approximate surface area is 154 Å². The Morgan fingerprint density at radius 1 is 1.08 bits per heavy atom. The summed E-state index contributed by atoms with van der Waals surface area (Å²) in [6.45, 7) is 2.45. The lowest BCUT2D eigenvalue weighted by atomic mass is 10.2. The summed E-state index contributed by atoms with van der Waals surface area (Å²) in [5.74, 6) is 0.258. The Hall–Kier alpha value is -2.64. The van der Waals surface area contributed by atoms with Crippen LogP contribution in [0.25, 0.3) is 0 Å². The number of halogens is 2. The van der Waals surface area contributed by atoms with Crippen LogP contribution in [0.15, 0.2) is 42.6 Å². The number of hydrogen-bond acceptors (Lipinski definition) is 5. The maximum absolute atomic E-state index is 12.4. The Balaban J connectivity index is 1.69. The number of carbonyl (C=O) groups is 1. The van der Waals surface area contributed by atoms with Crippen LogP contribution in [0.4, 0.5) is 17.2 Å². The van der Waals surface area contributed by atoms with Crippen LogP contribution in [0.1, 0.15) is 17.4 Å². The van der Waals surface area contributed by atoms with Gasteiger partial charge in [0, 0.05) is 17.9 Å². The van der Waals surface area contributed by atoms with Gasteiger partial charge in [0.2, 0.25) is 0 Å². The lowest BCUT2D eigenvalue weighted by molar-refractivity contribution is 0.101. The highest BCUT2D eigenvalue weighted by Gasteiger charge is 2.16. The minimum absolute atomic E-state index is 0.311. The molecule has 0 unspecified atom stereocenters. The molecule has 0 atom stereocenters. The van der Waals surface area contributed by atoms with Crippen molar-refractivity contribution < 1.29 is 4.79 Å². The van der Waals surface area contributed by atoms with Crippen molar-refractivity contribution in [1.82, 2.24) is 20.0 Å². The molecule has 0 saturated carbocycles. The van der Waals surface area contributed by atoms with Crippen molar-refractivity contribution >= 4 is 46.3 Å². The molecule has 2 N–H and O–H groups in total. The zero-order valence-electron chi connectivity index (χ0n) is 13.2. The monoisotopic (exact) mass is 376 g/mol. The fourth-order valence-corrected chi connectivity index (χ4v) is 2.51. The maximum atomic E-state index is 12.4. The van der Waals surface area contributed by atoms with Crippen molar-refractivity contribution in [3.63, 3.8) is 0 Å². The van der Waals surface area contributed by atoms with Crippen LogP contribution in [-0.4, -0.2) is 25.9 Å². The van der Waals surface area contributed by atoms with Gasteiger partial charge >= 0.3 is 0 Å². The van der Waals surface area contributed by atoms with E-state index in [9.17, 15) is 4.79 Å². The van der Waals surface area contributed by atoms with Gasteiger partial charge in [-0.1, -0.05) is 23.2 Å². The number of aromatic nitrogens is 4. The van der Waals surface area contributed by atoms with Crippen molar-refractivity contribution in [2.75, 3.05) is 10.6 Å². The average molecular weight is 377 g/mol. The first kappa shape index (κ1) is 17.2. The second-order valence-corrected chi connectivity index (χ2v) is 5.85. The van der Waals surface area contributed by atoms with E-state index >= 15 is 0 Å². The standard InChI is InChI=1S/C16H14Cl2N6O/c1-2-24-15(12(17)9-19-24)16(25)21-11-5-3-10(4-6-11)20-14-8-7-13(18)22-23-14/h3-9H,2H2,1H3,(H,20,23)(H,21,25). The molecule has 0 fully saturated rings. The third-order valence-electron chi connectivity index (χ3n) is 3.36. The molecule has 128 valence electrons. The second-order valence-electron chi connectivity index (χ2n) is 5.05. The van der Waals surface area contributed by atoms with Crippen molar-refractivity contribution in [2.24, 2.45) is 0 Å². The Morgan fingerprint density at radius 3 is 2.44 bits per heavy atom. The number of nitrogens with one attached hydrogen (secondary N) is 2. The van der Waals surface area contributed by atoms with E-state index in [1.54, 1.807) is 28.9 Å². The van der Waals surface area contributed by atoms with Gasteiger partial charge in [0.05, 0.1) is 11.2 Å². The van der Waals surface area contributed by atoms with Gasteiger partial charge < -0.3 is 10.6 Å². The van der Waals surface area contributed by atoms with Crippen molar-refractivity contribution in [3.05, 3.63) is 58.5 Å². The Morgan fingerprint density at radius 2 is 1.80 bits per heavy atom. The van der Waals surface area contributed by atoms with Crippen molar-refractivity contribution in [2.45, 2.75) is 13.5 Å². The first-order valence-electron chi connectivity index (χ1n) is 7.46. The molecule has 0 saturated heterocycles. The maximum Gasteiger partial charge on any atom is 0.275 e. The number of benzene rings is 1. The van der Waals surface area contributed by atoms with Gasteiger partial charge in [-0.3, -0.25) is 9.48 Å². The summed E-state index contributed by atoms with van der Waals surface area (Å²) < 4.78 is 1.55. The summed E-state index contributed by atoms with van der Waals surface area (Å²) in [7, 11) is 0. The number of rotatable bonds is 5. The highest BCUT2D eigenvalue weighted by atomic mass is 35.5. The van der Waals surface area contributed by atoms with Gasteiger partial charge in [0.15, 0.2) is 11.0 Å². The molecule has 0 spiro atoms. The topological polar surface area (TPSA) is 84.7 Å². The number of carbonyl (C=O) groups excluding carboxylic acids is 1. The van der Waals surface area contributed by atoms with Crippen LogP contribution in [-0.2, 0) is 6.54 Å². The van der Waals surface area contributed by atoms with Crippen molar-refractivity contribution in [3.8, 4) is 0 Å². The molecule has 7 nitrogen and oxygen atoms in total. The van der Waals surface area contributed by atoms with Gasteiger partial charge in [-0.05, 0) is 43.3 Å². The minimum Gasteiger partial charge on any atom is -0.339 e. The predicted octanol–water partition coefficient (Wildman–Crippen LogP) is 4.00. The molecule has 0 aliphatic carbocycles. The first-order chi connectivity index (χ1) is 12.1. The normalized spacial score (nSPS) is 10.5. The summed E-state index contributed by atoms with van der Waals surface area (Å²) in [6, 6.07) is 10.5. The summed E-state index contributed by atoms with van der Waals surface area (Å²) in [4.78, 5) is 12.4. The third kappa shape index (κ3) is 4.07. The lowest BCUT2D eigenvalue weighted by Crippen LogP contribution is -2.17. The molecule has 9 heteroatoms. The summed E-state index contributed by atoms with van der Waals surface area (Å²) in [6.07, 6.45) is 1.46. The average Bonchev–Trinajstić information content (AvgIpc) is 2.99. The van der Waals surface area contributed by atoms with Crippen LogP contribution in [0, 0.1) is 0 Å². The summed E-state index contributed by atoms with van der Waals surface area (Å²) in [5.41, 5.74) is 1.77. The van der Waals surface area contributed by atoms with E-state index in [1.165, 1.54) is 6.20 Å². The molecule has 0 aliphatic heterocycles. The van der Waals surface area contributed by atoms with E-state index in [0.717, 1.165) is 5.69 Å². The van der Waals surface area contributed by atoms with E-state index in [0.29, 0.717) is 33.9 Å². The quantitative estimate of drug-likeness (QED) is 0.702.